The molecule has 23 heavy (non-hydrogen) atoms. The van der Waals surface area contributed by atoms with Crippen molar-refractivity contribution in [1.82, 2.24) is 15.4 Å². The molecule has 1 aliphatic rings. The summed E-state index contributed by atoms with van der Waals surface area (Å²) in [6.45, 7) is 2.24. The molecule has 1 fully saturated rings. The molecule has 1 aromatic rings. The number of amides is 2. The third kappa shape index (κ3) is 4.90. The van der Waals surface area contributed by atoms with Crippen LogP contribution < -0.4 is 15.4 Å². The molecule has 8 heteroatoms. The highest BCUT2D eigenvalue weighted by atomic mass is 32.2. The van der Waals surface area contributed by atoms with Crippen molar-refractivity contribution >= 4 is 16.1 Å². The second kappa shape index (κ2) is 7.27. The summed E-state index contributed by atoms with van der Waals surface area (Å²) in [4.78, 5) is 11.7. The summed E-state index contributed by atoms with van der Waals surface area (Å²) in [6, 6.07) is 6.23. The Morgan fingerprint density at radius 1 is 1.22 bits per heavy atom. The Balaban J connectivity index is 1.74. The lowest BCUT2D eigenvalue weighted by Gasteiger charge is -2.17. The number of carbonyl (C=O) groups excluding carboxylic acids is 1. The largest absolute Gasteiger partial charge is 0.337 e. The molecule has 0 atom stereocenters. The van der Waals surface area contributed by atoms with E-state index >= 15 is 0 Å². The molecule has 128 valence electrons. The van der Waals surface area contributed by atoms with Crippen molar-refractivity contribution in [3.63, 3.8) is 0 Å². The van der Waals surface area contributed by atoms with Crippen LogP contribution in [0.15, 0.2) is 24.3 Å². The first-order valence-electron chi connectivity index (χ1n) is 7.63. The first kappa shape index (κ1) is 17.7. The van der Waals surface area contributed by atoms with E-state index in [1.807, 2.05) is 0 Å². The summed E-state index contributed by atoms with van der Waals surface area (Å²) >= 11 is 0. The standard InChI is InChI=1S/C15H22FN3O3S/c1-2-23(21,22)19-10-9-17-14(20)18-11-15(7-8-15)12-5-3-4-6-13(12)16/h3-6,19H,2,7-11H2,1H3,(H2,17,18,20). The van der Waals surface area contributed by atoms with Crippen LogP contribution in [-0.2, 0) is 15.4 Å². The van der Waals surface area contributed by atoms with Gasteiger partial charge in [0.25, 0.3) is 0 Å². The summed E-state index contributed by atoms with van der Waals surface area (Å²) in [5.41, 5.74) is 0.322. The lowest BCUT2D eigenvalue weighted by atomic mass is 9.95. The van der Waals surface area contributed by atoms with Crippen LogP contribution in [0.5, 0.6) is 0 Å². The van der Waals surface area contributed by atoms with Crippen molar-refractivity contribution in [2.75, 3.05) is 25.4 Å². The van der Waals surface area contributed by atoms with Crippen molar-refractivity contribution < 1.29 is 17.6 Å². The maximum Gasteiger partial charge on any atom is 0.314 e. The fourth-order valence-electron chi connectivity index (χ4n) is 2.38. The molecule has 6 nitrogen and oxygen atoms in total. The van der Waals surface area contributed by atoms with Crippen molar-refractivity contribution in [3.8, 4) is 0 Å². The van der Waals surface area contributed by atoms with E-state index in [0.717, 1.165) is 12.8 Å². The van der Waals surface area contributed by atoms with E-state index < -0.39 is 10.0 Å². The number of halogens is 1. The SMILES string of the molecule is CCS(=O)(=O)NCCNC(=O)NCC1(c2ccccc2F)CC1. The van der Waals surface area contributed by atoms with Gasteiger partial charge in [0.1, 0.15) is 5.82 Å². The monoisotopic (exact) mass is 343 g/mol. The van der Waals surface area contributed by atoms with Gasteiger partial charge in [0.2, 0.25) is 10.0 Å². The molecule has 0 heterocycles. The molecule has 0 aliphatic heterocycles. The van der Waals surface area contributed by atoms with Gasteiger partial charge in [-0.1, -0.05) is 18.2 Å². The number of hydrogen-bond donors (Lipinski definition) is 3. The van der Waals surface area contributed by atoms with E-state index in [4.69, 9.17) is 0 Å². The van der Waals surface area contributed by atoms with Crippen LogP contribution in [0.3, 0.4) is 0 Å². The number of hydrogen-bond acceptors (Lipinski definition) is 3. The van der Waals surface area contributed by atoms with Crippen molar-refractivity contribution in [3.05, 3.63) is 35.6 Å². The van der Waals surface area contributed by atoms with E-state index in [1.165, 1.54) is 6.07 Å². The second-order valence-corrected chi connectivity index (χ2v) is 7.76. The minimum Gasteiger partial charge on any atom is -0.337 e. The molecule has 1 aromatic carbocycles. The highest BCUT2D eigenvalue weighted by Gasteiger charge is 2.45. The van der Waals surface area contributed by atoms with Gasteiger partial charge < -0.3 is 10.6 Å². The molecule has 0 spiro atoms. The number of urea groups is 1. The maximum absolute atomic E-state index is 13.8. The zero-order chi connectivity index (χ0) is 16.9. The molecule has 0 bridgehead atoms. The summed E-state index contributed by atoms with van der Waals surface area (Å²) in [5, 5.41) is 5.30. The molecular weight excluding hydrogens is 321 g/mol. The average Bonchev–Trinajstić information content (AvgIpc) is 3.31. The van der Waals surface area contributed by atoms with E-state index in [9.17, 15) is 17.6 Å². The zero-order valence-electron chi connectivity index (χ0n) is 13.1. The number of benzene rings is 1. The quantitative estimate of drug-likeness (QED) is 0.618. The molecule has 1 aliphatic carbocycles. The van der Waals surface area contributed by atoms with Gasteiger partial charge >= 0.3 is 6.03 Å². The molecule has 2 amide bonds. The molecule has 1 saturated carbocycles. The number of nitrogens with one attached hydrogen (secondary N) is 3. The molecule has 0 radical (unpaired) electrons. The molecular formula is C15H22FN3O3S. The van der Waals surface area contributed by atoms with E-state index in [0.29, 0.717) is 12.1 Å². The predicted molar refractivity (Wildman–Crippen MR) is 86.2 cm³/mol. The summed E-state index contributed by atoms with van der Waals surface area (Å²) in [5.74, 6) is -0.245. The first-order valence-corrected chi connectivity index (χ1v) is 9.28. The molecule has 0 aromatic heterocycles. The highest BCUT2D eigenvalue weighted by Crippen LogP contribution is 2.48. The average molecular weight is 343 g/mol. The van der Waals surface area contributed by atoms with E-state index in [2.05, 4.69) is 15.4 Å². The first-order chi connectivity index (χ1) is 10.9. The van der Waals surface area contributed by atoms with Gasteiger partial charge in [-0.15, -0.1) is 0 Å². The Bertz CT molecular complexity index is 660. The van der Waals surface area contributed by atoms with Gasteiger partial charge in [0.05, 0.1) is 5.75 Å². The van der Waals surface area contributed by atoms with Crippen molar-refractivity contribution in [2.24, 2.45) is 0 Å². The summed E-state index contributed by atoms with van der Waals surface area (Å²) < 4.78 is 38.7. The summed E-state index contributed by atoms with van der Waals surface area (Å²) in [6.07, 6.45) is 1.68. The Labute approximate surface area is 135 Å². The lowest BCUT2D eigenvalue weighted by Crippen LogP contribution is -2.43. The molecule has 3 N–H and O–H groups in total. The van der Waals surface area contributed by atoms with E-state index in [-0.39, 0.29) is 36.1 Å². The van der Waals surface area contributed by atoms with Gasteiger partial charge in [0, 0.05) is 25.0 Å². The predicted octanol–water partition coefficient (Wildman–Crippen LogP) is 1.10. The van der Waals surface area contributed by atoms with Crippen LogP contribution >= 0.6 is 0 Å². The molecule has 2 rings (SSSR count). The Morgan fingerprint density at radius 3 is 2.52 bits per heavy atom. The fraction of sp³-hybridized carbons (Fsp3) is 0.533. The van der Waals surface area contributed by atoms with Crippen LogP contribution in [-0.4, -0.2) is 39.8 Å². The Hall–Kier alpha value is -1.67. The van der Waals surface area contributed by atoms with Crippen LogP contribution in [0.1, 0.15) is 25.3 Å². The fourth-order valence-corrected chi connectivity index (χ4v) is 3.00. The van der Waals surface area contributed by atoms with Gasteiger partial charge in [-0.25, -0.2) is 22.3 Å². The third-order valence-corrected chi connectivity index (χ3v) is 5.40. The molecule has 0 unspecified atom stereocenters. The lowest BCUT2D eigenvalue weighted by molar-refractivity contribution is 0.240. The minimum atomic E-state index is -3.25. The van der Waals surface area contributed by atoms with Gasteiger partial charge in [-0.3, -0.25) is 0 Å². The molecule has 0 saturated heterocycles. The van der Waals surface area contributed by atoms with Crippen molar-refractivity contribution in [2.45, 2.75) is 25.2 Å². The maximum atomic E-state index is 13.8. The van der Waals surface area contributed by atoms with E-state index in [1.54, 1.807) is 25.1 Å². The van der Waals surface area contributed by atoms with Crippen LogP contribution in [0.2, 0.25) is 0 Å². The topological polar surface area (TPSA) is 87.3 Å². The normalized spacial score (nSPS) is 15.9. The number of sulfonamides is 1. The van der Waals surface area contributed by atoms with Crippen LogP contribution in [0.25, 0.3) is 0 Å². The van der Waals surface area contributed by atoms with Gasteiger partial charge in [0.15, 0.2) is 0 Å². The Kier molecular flexibility index (Phi) is 5.59. The zero-order valence-corrected chi connectivity index (χ0v) is 13.9. The highest BCUT2D eigenvalue weighted by molar-refractivity contribution is 7.89. The Morgan fingerprint density at radius 2 is 1.91 bits per heavy atom. The van der Waals surface area contributed by atoms with Crippen LogP contribution in [0.4, 0.5) is 9.18 Å². The third-order valence-electron chi connectivity index (χ3n) is 4.00. The van der Waals surface area contributed by atoms with Crippen LogP contribution in [0, 0.1) is 5.82 Å². The number of carbonyl (C=O) groups is 1. The van der Waals surface area contributed by atoms with Gasteiger partial charge in [-0.05, 0) is 31.4 Å². The van der Waals surface area contributed by atoms with Gasteiger partial charge in [-0.2, -0.15) is 0 Å². The van der Waals surface area contributed by atoms with Crippen molar-refractivity contribution in [1.29, 1.82) is 0 Å². The smallest absolute Gasteiger partial charge is 0.314 e. The number of rotatable bonds is 8. The minimum absolute atomic E-state index is 0.00432. The second-order valence-electron chi connectivity index (χ2n) is 5.67. The summed E-state index contributed by atoms with van der Waals surface area (Å²) in [7, 11) is -3.25.